The number of rotatable bonds is 10. The molecule has 1 rings (SSSR count). The van der Waals surface area contributed by atoms with Crippen molar-refractivity contribution in [1.29, 1.82) is 0 Å². The summed E-state index contributed by atoms with van der Waals surface area (Å²) in [6, 6.07) is 2.65. The maximum absolute atomic E-state index is 12.5. The molecule has 0 unspecified atom stereocenters. The van der Waals surface area contributed by atoms with Crippen molar-refractivity contribution in [2.75, 3.05) is 32.5 Å². The Morgan fingerprint density at radius 1 is 1.22 bits per heavy atom. The lowest BCUT2D eigenvalue weighted by Gasteiger charge is -2.18. The number of non-ortho nitro benzene ring substituents is 1. The fourth-order valence-electron chi connectivity index (χ4n) is 2.25. The second kappa shape index (κ2) is 9.21. The Balaban J connectivity index is 3.14. The number of ether oxygens (including phenoxy) is 1. The van der Waals surface area contributed by atoms with E-state index in [0.717, 1.165) is 19.2 Å². The van der Waals surface area contributed by atoms with E-state index in [0.29, 0.717) is 6.07 Å². The molecule has 152 valence electrons. The minimum atomic E-state index is -4.40. The van der Waals surface area contributed by atoms with Gasteiger partial charge in [-0.25, -0.2) is 30.7 Å². The van der Waals surface area contributed by atoms with Crippen LogP contribution >= 0.6 is 0 Å². The zero-order valence-corrected chi connectivity index (χ0v) is 16.7. The predicted molar refractivity (Wildman–Crippen MR) is 96.3 cm³/mol. The van der Waals surface area contributed by atoms with Crippen molar-refractivity contribution in [2.24, 2.45) is 0 Å². The van der Waals surface area contributed by atoms with Gasteiger partial charge < -0.3 is 4.74 Å². The maximum Gasteiger partial charge on any atom is 0.339 e. The Morgan fingerprint density at radius 3 is 2.30 bits per heavy atom. The van der Waals surface area contributed by atoms with E-state index < -0.39 is 59.4 Å². The van der Waals surface area contributed by atoms with Gasteiger partial charge in [0.15, 0.2) is 0 Å². The summed E-state index contributed by atoms with van der Waals surface area (Å²) in [6.07, 6.45) is 0. The highest BCUT2D eigenvalue weighted by molar-refractivity contribution is 7.90. The molecular weight excluding hydrogens is 402 g/mol. The summed E-state index contributed by atoms with van der Waals surface area (Å²) < 4.78 is 56.9. The quantitative estimate of drug-likeness (QED) is 0.321. The van der Waals surface area contributed by atoms with Gasteiger partial charge in [-0.15, -0.1) is 0 Å². The highest BCUT2D eigenvalue weighted by Gasteiger charge is 2.27. The summed E-state index contributed by atoms with van der Waals surface area (Å²) in [6.45, 7) is 3.31. The van der Waals surface area contributed by atoms with E-state index in [1.54, 1.807) is 13.8 Å². The monoisotopic (exact) mass is 423 g/mol. The Morgan fingerprint density at radius 2 is 1.81 bits per heavy atom. The zero-order valence-electron chi connectivity index (χ0n) is 15.0. The molecule has 1 N–H and O–H groups in total. The number of nitrogens with one attached hydrogen (secondary N) is 1. The molecule has 0 heterocycles. The molecule has 0 radical (unpaired) electrons. The summed E-state index contributed by atoms with van der Waals surface area (Å²) in [4.78, 5) is 21.2. The van der Waals surface area contributed by atoms with Gasteiger partial charge in [0.2, 0.25) is 20.0 Å². The maximum atomic E-state index is 12.5. The van der Waals surface area contributed by atoms with E-state index in [9.17, 15) is 31.7 Å². The number of nitrogens with zero attached hydrogens (tertiary/aromatic N) is 2. The van der Waals surface area contributed by atoms with Gasteiger partial charge in [-0.1, -0.05) is 13.8 Å². The second-order valence-electron chi connectivity index (χ2n) is 5.23. The van der Waals surface area contributed by atoms with Crippen LogP contribution in [0.1, 0.15) is 24.2 Å². The number of methoxy groups -OCH3 is 1. The first-order valence-corrected chi connectivity index (χ1v) is 10.9. The summed E-state index contributed by atoms with van der Waals surface area (Å²) >= 11 is 0. The number of carbonyl (C=O) groups excluding carboxylic acids is 1. The van der Waals surface area contributed by atoms with Gasteiger partial charge in [0.1, 0.15) is 4.90 Å². The molecule has 0 fully saturated rings. The van der Waals surface area contributed by atoms with Crippen LogP contribution in [0.15, 0.2) is 23.1 Å². The van der Waals surface area contributed by atoms with E-state index in [1.807, 2.05) is 0 Å². The van der Waals surface area contributed by atoms with Gasteiger partial charge >= 0.3 is 5.97 Å². The zero-order chi connectivity index (χ0) is 20.8. The summed E-state index contributed by atoms with van der Waals surface area (Å²) in [5, 5.41) is 10.9. The van der Waals surface area contributed by atoms with E-state index in [-0.39, 0.29) is 13.1 Å². The molecule has 27 heavy (non-hydrogen) atoms. The lowest BCUT2D eigenvalue weighted by molar-refractivity contribution is -0.385. The van der Waals surface area contributed by atoms with Gasteiger partial charge in [-0.2, -0.15) is 0 Å². The number of sulfonamides is 2. The lowest BCUT2D eigenvalue weighted by Crippen LogP contribution is -2.37. The molecule has 0 spiro atoms. The Labute approximate surface area is 157 Å². The lowest BCUT2D eigenvalue weighted by atomic mass is 10.2. The van der Waals surface area contributed by atoms with Gasteiger partial charge in [-0.05, 0) is 6.07 Å². The largest absolute Gasteiger partial charge is 0.465 e. The summed E-state index contributed by atoms with van der Waals surface area (Å²) in [5.74, 6) is -1.50. The van der Waals surface area contributed by atoms with Crippen LogP contribution in [0.4, 0.5) is 5.69 Å². The SMILES string of the molecule is CCN(CC)S(=O)(=O)CCNS(=O)(=O)c1cc([N+](=O)[O-])ccc1C(=O)OC. The topological polar surface area (TPSA) is 153 Å². The molecule has 0 saturated carbocycles. The molecule has 0 aromatic heterocycles. The minimum Gasteiger partial charge on any atom is -0.465 e. The van der Waals surface area contributed by atoms with E-state index >= 15 is 0 Å². The van der Waals surface area contributed by atoms with Crippen LogP contribution in [0.3, 0.4) is 0 Å². The second-order valence-corrected chi connectivity index (χ2v) is 9.05. The van der Waals surface area contributed by atoms with Gasteiger partial charge in [0, 0.05) is 31.8 Å². The Bertz CT molecular complexity index is 908. The number of nitro groups is 1. The Hall–Kier alpha value is -2.09. The van der Waals surface area contributed by atoms with Gasteiger partial charge in [0.05, 0.1) is 23.3 Å². The number of benzene rings is 1. The first-order valence-electron chi connectivity index (χ1n) is 7.84. The first-order chi connectivity index (χ1) is 12.5. The van der Waals surface area contributed by atoms with Crippen molar-refractivity contribution in [3.8, 4) is 0 Å². The fourth-order valence-corrected chi connectivity index (χ4v) is 5.03. The van der Waals surface area contributed by atoms with Crippen molar-refractivity contribution in [3.05, 3.63) is 33.9 Å². The van der Waals surface area contributed by atoms with Crippen LogP contribution in [0.2, 0.25) is 0 Å². The Kier molecular flexibility index (Phi) is 7.83. The van der Waals surface area contributed by atoms with Crippen LogP contribution < -0.4 is 4.72 Å². The van der Waals surface area contributed by atoms with Crippen molar-refractivity contribution < 1.29 is 31.3 Å². The number of hydrogen-bond donors (Lipinski definition) is 1. The van der Waals surface area contributed by atoms with Crippen molar-refractivity contribution in [2.45, 2.75) is 18.7 Å². The van der Waals surface area contributed by atoms with E-state index in [2.05, 4.69) is 9.46 Å². The van der Waals surface area contributed by atoms with Crippen molar-refractivity contribution in [3.63, 3.8) is 0 Å². The normalized spacial score (nSPS) is 12.1. The smallest absolute Gasteiger partial charge is 0.339 e. The first kappa shape index (κ1) is 23.0. The average molecular weight is 423 g/mol. The van der Waals surface area contributed by atoms with Crippen molar-refractivity contribution >= 4 is 31.7 Å². The number of nitro benzene ring substituents is 1. The third-order valence-corrected chi connectivity index (χ3v) is 7.15. The molecule has 13 heteroatoms. The minimum absolute atomic E-state index is 0.239. The molecule has 0 aliphatic carbocycles. The van der Waals surface area contributed by atoms with Gasteiger partial charge in [0.25, 0.3) is 5.69 Å². The summed E-state index contributed by atoms with van der Waals surface area (Å²) in [7, 11) is -7.04. The average Bonchev–Trinajstić information content (AvgIpc) is 2.60. The highest BCUT2D eigenvalue weighted by atomic mass is 32.2. The summed E-state index contributed by atoms with van der Waals surface area (Å²) in [5.41, 5.74) is -0.944. The van der Waals surface area contributed by atoms with E-state index in [1.165, 1.54) is 4.31 Å². The van der Waals surface area contributed by atoms with Crippen molar-refractivity contribution in [1.82, 2.24) is 9.03 Å². The van der Waals surface area contributed by atoms with Crippen LogP contribution in [-0.2, 0) is 24.8 Å². The molecular formula is C14H21N3O8S2. The highest BCUT2D eigenvalue weighted by Crippen LogP contribution is 2.23. The molecule has 0 aliphatic rings. The predicted octanol–water partition coefficient (Wildman–Crippen LogP) is 0.331. The molecule has 0 amide bonds. The molecule has 11 nitrogen and oxygen atoms in total. The van der Waals surface area contributed by atoms with Crippen LogP contribution in [0.5, 0.6) is 0 Å². The standard InChI is InChI=1S/C14H21N3O8S2/c1-4-16(5-2)26(21,22)9-8-15-27(23,24)13-10-11(17(19)20)6-7-12(13)14(18)25-3/h6-7,10,15H,4-5,8-9H2,1-3H3. The molecule has 1 aromatic rings. The van der Waals surface area contributed by atoms with Crippen LogP contribution in [0, 0.1) is 10.1 Å². The third kappa shape index (κ3) is 5.69. The van der Waals surface area contributed by atoms with E-state index in [4.69, 9.17) is 0 Å². The molecule has 0 bridgehead atoms. The number of esters is 1. The number of carbonyl (C=O) groups is 1. The third-order valence-electron chi connectivity index (χ3n) is 3.62. The molecule has 0 saturated heterocycles. The fraction of sp³-hybridized carbons (Fsp3) is 0.500. The van der Waals surface area contributed by atoms with Gasteiger partial charge in [-0.3, -0.25) is 10.1 Å². The molecule has 0 aliphatic heterocycles. The number of hydrogen-bond acceptors (Lipinski definition) is 8. The molecule has 1 aromatic carbocycles. The van der Waals surface area contributed by atoms with Crippen LogP contribution in [-0.4, -0.2) is 64.5 Å². The van der Waals surface area contributed by atoms with Crippen LogP contribution in [0.25, 0.3) is 0 Å². The molecule has 0 atom stereocenters.